The molecule has 1 heterocycles. The van der Waals surface area contributed by atoms with Gasteiger partial charge in [-0.25, -0.2) is 8.42 Å². The lowest BCUT2D eigenvalue weighted by Gasteiger charge is -2.36. The fourth-order valence-corrected chi connectivity index (χ4v) is 5.33. The molecule has 2 rings (SSSR count). The molecule has 0 aromatic heterocycles. The first kappa shape index (κ1) is 16.7. The molecule has 1 saturated heterocycles. The van der Waals surface area contributed by atoms with Gasteiger partial charge in [0.15, 0.2) is 0 Å². The predicted molar refractivity (Wildman–Crippen MR) is 82.9 cm³/mol. The lowest BCUT2D eigenvalue weighted by molar-refractivity contribution is -0.144. The summed E-state index contributed by atoms with van der Waals surface area (Å²) in [5.41, 5.74) is 0. The number of hydrogen-bond acceptors (Lipinski definition) is 3. The number of aliphatic carboxylic acids is 1. The van der Waals surface area contributed by atoms with Gasteiger partial charge in [-0.1, -0.05) is 34.5 Å². The van der Waals surface area contributed by atoms with Crippen molar-refractivity contribution in [3.05, 3.63) is 27.7 Å². The number of nitrogens with zero attached hydrogens (tertiary/aromatic N) is 1. The first-order chi connectivity index (χ1) is 9.75. The van der Waals surface area contributed by atoms with Crippen LogP contribution in [0, 0.1) is 5.92 Å². The number of rotatable bonds is 3. The molecule has 21 heavy (non-hydrogen) atoms. The molecule has 1 aliphatic rings. The quantitative estimate of drug-likeness (QED) is 0.852. The summed E-state index contributed by atoms with van der Waals surface area (Å²) in [5, 5.41) is 9.43. The number of carboxylic acids is 1. The number of piperidine rings is 1. The van der Waals surface area contributed by atoms with Crippen LogP contribution in [-0.4, -0.2) is 36.4 Å². The standard InChI is InChI=1S/C13H15BrClNO4S/c1-8-3-2-6-16(12(8)13(17)18)21(19,20)11-5-4-9(14)7-10(11)15/h4-5,7-8,12H,2-3,6H2,1H3,(H,17,18). The van der Waals surface area contributed by atoms with Gasteiger partial charge in [0.2, 0.25) is 10.0 Å². The van der Waals surface area contributed by atoms with Crippen molar-refractivity contribution in [2.24, 2.45) is 5.92 Å². The third-order valence-electron chi connectivity index (χ3n) is 3.62. The molecule has 1 aromatic carbocycles. The molecular weight excluding hydrogens is 382 g/mol. The Morgan fingerprint density at radius 3 is 2.71 bits per heavy atom. The Morgan fingerprint density at radius 1 is 1.48 bits per heavy atom. The highest BCUT2D eigenvalue weighted by atomic mass is 79.9. The molecule has 2 atom stereocenters. The zero-order chi connectivity index (χ0) is 15.8. The minimum Gasteiger partial charge on any atom is -0.480 e. The Kier molecular flexibility index (Phi) is 4.97. The van der Waals surface area contributed by atoms with Gasteiger partial charge in [-0.3, -0.25) is 4.79 Å². The van der Waals surface area contributed by atoms with Crippen molar-refractivity contribution in [3.8, 4) is 0 Å². The molecule has 0 bridgehead atoms. The Morgan fingerprint density at radius 2 is 2.14 bits per heavy atom. The van der Waals surface area contributed by atoms with E-state index in [9.17, 15) is 18.3 Å². The highest BCUT2D eigenvalue weighted by Crippen LogP contribution is 2.33. The summed E-state index contributed by atoms with van der Waals surface area (Å²) in [6, 6.07) is 3.39. The van der Waals surface area contributed by atoms with Crippen molar-refractivity contribution in [2.75, 3.05) is 6.54 Å². The monoisotopic (exact) mass is 395 g/mol. The molecule has 0 amide bonds. The number of halogens is 2. The molecule has 5 nitrogen and oxygen atoms in total. The smallest absolute Gasteiger partial charge is 0.322 e. The summed E-state index contributed by atoms with van der Waals surface area (Å²) < 4.78 is 27.2. The van der Waals surface area contributed by atoms with Gasteiger partial charge in [0, 0.05) is 11.0 Å². The Labute approximate surface area is 137 Å². The number of carbonyl (C=O) groups is 1. The van der Waals surface area contributed by atoms with E-state index in [2.05, 4.69) is 15.9 Å². The van der Waals surface area contributed by atoms with Crippen molar-refractivity contribution in [1.82, 2.24) is 4.31 Å². The summed E-state index contributed by atoms with van der Waals surface area (Å²) in [6.45, 7) is 1.94. The summed E-state index contributed by atoms with van der Waals surface area (Å²) in [5.74, 6) is -1.36. The highest BCUT2D eigenvalue weighted by Gasteiger charge is 2.42. The largest absolute Gasteiger partial charge is 0.480 e. The van der Waals surface area contributed by atoms with E-state index in [4.69, 9.17) is 11.6 Å². The molecule has 0 spiro atoms. The van der Waals surface area contributed by atoms with Crippen LogP contribution >= 0.6 is 27.5 Å². The van der Waals surface area contributed by atoms with E-state index < -0.39 is 22.0 Å². The maximum atomic E-state index is 12.7. The maximum Gasteiger partial charge on any atom is 0.322 e. The van der Waals surface area contributed by atoms with Crippen LogP contribution in [0.5, 0.6) is 0 Å². The summed E-state index contributed by atoms with van der Waals surface area (Å²) >= 11 is 9.23. The van der Waals surface area contributed by atoms with Gasteiger partial charge in [-0.05, 0) is 37.0 Å². The van der Waals surface area contributed by atoms with Crippen molar-refractivity contribution in [1.29, 1.82) is 0 Å². The molecule has 2 unspecified atom stereocenters. The van der Waals surface area contributed by atoms with E-state index in [0.29, 0.717) is 17.3 Å². The van der Waals surface area contributed by atoms with E-state index in [1.807, 2.05) is 0 Å². The zero-order valence-corrected chi connectivity index (χ0v) is 14.4. The van der Waals surface area contributed by atoms with Crippen LogP contribution in [-0.2, 0) is 14.8 Å². The van der Waals surface area contributed by atoms with E-state index in [0.717, 1.165) is 4.31 Å². The lowest BCUT2D eigenvalue weighted by Crippen LogP contribution is -2.51. The van der Waals surface area contributed by atoms with Crippen molar-refractivity contribution < 1.29 is 18.3 Å². The summed E-state index contributed by atoms with van der Waals surface area (Å²) in [4.78, 5) is 11.4. The Balaban J connectivity index is 2.48. The number of benzene rings is 1. The minimum atomic E-state index is -3.94. The molecule has 1 fully saturated rings. The maximum absolute atomic E-state index is 12.7. The molecule has 1 aliphatic heterocycles. The van der Waals surface area contributed by atoms with Crippen LogP contribution in [0.3, 0.4) is 0 Å². The molecule has 0 saturated carbocycles. The fraction of sp³-hybridized carbons (Fsp3) is 0.462. The van der Waals surface area contributed by atoms with Crippen LogP contribution in [0.15, 0.2) is 27.6 Å². The molecule has 1 aromatic rings. The Hall–Kier alpha value is -0.630. The van der Waals surface area contributed by atoms with Gasteiger partial charge in [0.05, 0.1) is 5.02 Å². The van der Waals surface area contributed by atoms with Crippen molar-refractivity contribution in [2.45, 2.75) is 30.7 Å². The van der Waals surface area contributed by atoms with E-state index in [1.165, 1.54) is 12.1 Å². The first-order valence-corrected chi connectivity index (χ1v) is 9.06. The van der Waals surface area contributed by atoms with Crippen LogP contribution in [0.4, 0.5) is 0 Å². The number of carboxylic acid groups (broad SMARTS) is 1. The van der Waals surface area contributed by atoms with Crippen LogP contribution in [0.2, 0.25) is 5.02 Å². The molecule has 0 radical (unpaired) electrons. The van der Waals surface area contributed by atoms with Crippen molar-refractivity contribution in [3.63, 3.8) is 0 Å². The Bertz CT molecular complexity index is 664. The first-order valence-electron chi connectivity index (χ1n) is 6.45. The van der Waals surface area contributed by atoms with Gasteiger partial charge in [-0.15, -0.1) is 0 Å². The number of hydrogen-bond donors (Lipinski definition) is 1. The molecule has 0 aliphatic carbocycles. The van der Waals surface area contributed by atoms with Gasteiger partial charge in [0.1, 0.15) is 10.9 Å². The zero-order valence-electron chi connectivity index (χ0n) is 11.3. The van der Waals surface area contributed by atoms with Crippen molar-refractivity contribution >= 4 is 43.5 Å². The van der Waals surface area contributed by atoms with Gasteiger partial charge >= 0.3 is 5.97 Å². The van der Waals surface area contributed by atoms with E-state index >= 15 is 0 Å². The normalized spacial score (nSPS) is 24.0. The lowest BCUT2D eigenvalue weighted by atomic mass is 9.93. The third kappa shape index (κ3) is 3.26. The van der Waals surface area contributed by atoms with E-state index in [-0.39, 0.29) is 22.4 Å². The summed E-state index contributed by atoms with van der Waals surface area (Å²) in [6.07, 6.45) is 1.33. The highest BCUT2D eigenvalue weighted by molar-refractivity contribution is 9.10. The van der Waals surface area contributed by atoms with Crippen LogP contribution in [0.25, 0.3) is 0 Å². The SMILES string of the molecule is CC1CCCN(S(=O)(=O)c2ccc(Br)cc2Cl)C1C(=O)O. The average molecular weight is 397 g/mol. The second kappa shape index (κ2) is 6.24. The molecular formula is C13H15BrClNO4S. The van der Waals surface area contributed by atoms with E-state index in [1.54, 1.807) is 13.0 Å². The average Bonchev–Trinajstić information content (AvgIpc) is 2.37. The molecule has 8 heteroatoms. The minimum absolute atomic E-state index is 0.0623. The third-order valence-corrected chi connectivity index (χ3v) is 6.48. The van der Waals surface area contributed by atoms with Crippen LogP contribution in [0.1, 0.15) is 19.8 Å². The van der Waals surface area contributed by atoms with Gasteiger partial charge in [-0.2, -0.15) is 4.31 Å². The van der Waals surface area contributed by atoms with Gasteiger partial charge < -0.3 is 5.11 Å². The molecule has 116 valence electrons. The predicted octanol–water partition coefficient (Wildman–Crippen LogP) is 2.98. The fourth-order valence-electron chi connectivity index (χ4n) is 2.60. The number of sulfonamides is 1. The topological polar surface area (TPSA) is 74.7 Å². The second-order valence-electron chi connectivity index (χ2n) is 5.09. The van der Waals surface area contributed by atoms with Crippen LogP contribution < -0.4 is 0 Å². The second-order valence-corrected chi connectivity index (χ2v) is 8.27. The summed E-state index contributed by atoms with van der Waals surface area (Å²) in [7, 11) is -3.94. The van der Waals surface area contributed by atoms with Gasteiger partial charge in [0.25, 0.3) is 0 Å². The molecule has 1 N–H and O–H groups in total.